The van der Waals surface area contributed by atoms with Crippen LogP contribution in [-0.4, -0.2) is 39.4 Å². The predicted molar refractivity (Wildman–Crippen MR) is 134 cm³/mol. The van der Waals surface area contributed by atoms with Crippen LogP contribution in [0, 0.1) is 6.92 Å². The van der Waals surface area contributed by atoms with Gasteiger partial charge in [-0.15, -0.1) is 10.2 Å². The number of rotatable bonds is 10. The molecule has 8 nitrogen and oxygen atoms in total. The van der Waals surface area contributed by atoms with E-state index in [0.717, 1.165) is 23.2 Å². The molecule has 0 unspecified atom stereocenters. The molecule has 0 aliphatic rings. The van der Waals surface area contributed by atoms with Crippen molar-refractivity contribution in [2.45, 2.75) is 51.9 Å². The minimum absolute atomic E-state index is 0.0953. The molecule has 1 aromatic heterocycles. The number of methoxy groups -OCH3 is 1. The maximum Gasteiger partial charge on any atom is 0.251 e. The number of amides is 2. The van der Waals surface area contributed by atoms with E-state index in [1.54, 1.807) is 31.4 Å². The fourth-order valence-corrected chi connectivity index (χ4v) is 4.43. The Balaban J connectivity index is 1.64. The zero-order valence-corrected chi connectivity index (χ0v) is 21.0. The second-order valence-corrected chi connectivity index (χ2v) is 8.75. The Kier molecular flexibility index (Phi) is 8.70. The summed E-state index contributed by atoms with van der Waals surface area (Å²) >= 11 is 1.33. The van der Waals surface area contributed by atoms with Crippen molar-refractivity contribution in [1.82, 2.24) is 20.1 Å². The summed E-state index contributed by atoms with van der Waals surface area (Å²) in [5.41, 5.74) is 3.56. The quantitative estimate of drug-likeness (QED) is 0.417. The normalized spacial score (nSPS) is 11.7. The van der Waals surface area contributed by atoms with Crippen LogP contribution < -0.4 is 15.4 Å². The Hall–Kier alpha value is -3.33. The molecule has 1 heterocycles. The molecular weight excluding hydrogens is 450 g/mol. The molecule has 34 heavy (non-hydrogen) atoms. The summed E-state index contributed by atoms with van der Waals surface area (Å²) in [5.74, 6) is 1.23. The van der Waals surface area contributed by atoms with E-state index >= 15 is 0 Å². The summed E-state index contributed by atoms with van der Waals surface area (Å²) in [7, 11) is 1.58. The molecule has 2 amide bonds. The fraction of sp³-hybridized carbons (Fsp3) is 0.360. The molecular formula is C25H31N5O3S. The van der Waals surface area contributed by atoms with Crippen molar-refractivity contribution in [3.8, 4) is 5.75 Å². The zero-order chi connectivity index (χ0) is 24.7. The third-order valence-electron chi connectivity index (χ3n) is 5.49. The standard InChI is InChI=1S/C25H31N5O3S/c1-6-18-10-8-9-16(3)22(18)27-21(31)15-34-25-29-28-23(30(25)7-2)17(4)26-24(32)19-11-13-20(33-5)14-12-19/h8-14,17H,6-7,15H2,1-5H3,(H,26,32)(H,27,31)/t17-/m0/s1. The van der Waals surface area contributed by atoms with Crippen molar-refractivity contribution >= 4 is 29.3 Å². The number of nitrogens with zero attached hydrogens (tertiary/aromatic N) is 3. The Morgan fingerprint density at radius 1 is 1.12 bits per heavy atom. The number of para-hydroxylation sites is 1. The van der Waals surface area contributed by atoms with Gasteiger partial charge in [-0.05, 0) is 62.6 Å². The molecule has 180 valence electrons. The molecule has 2 aromatic carbocycles. The fourth-order valence-electron chi connectivity index (χ4n) is 3.62. The van der Waals surface area contributed by atoms with Gasteiger partial charge in [0.25, 0.3) is 5.91 Å². The summed E-state index contributed by atoms with van der Waals surface area (Å²) in [4.78, 5) is 25.3. The number of hydrogen-bond acceptors (Lipinski definition) is 6. The number of thioether (sulfide) groups is 1. The van der Waals surface area contributed by atoms with Gasteiger partial charge in [-0.2, -0.15) is 0 Å². The van der Waals surface area contributed by atoms with Crippen molar-refractivity contribution in [3.05, 3.63) is 65.0 Å². The average Bonchev–Trinajstić information content (AvgIpc) is 3.27. The van der Waals surface area contributed by atoms with E-state index < -0.39 is 0 Å². The monoisotopic (exact) mass is 481 g/mol. The Bertz CT molecular complexity index is 1140. The number of anilines is 1. The number of benzene rings is 2. The Morgan fingerprint density at radius 3 is 2.50 bits per heavy atom. The number of carbonyl (C=O) groups excluding carboxylic acids is 2. The number of aryl methyl sites for hydroxylation is 2. The highest BCUT2D eigenvalue weighted by Crippen LogP contribution is 2.24. The zero-order valence-electron chi connectivity index (χ0n) is 20.2. The van der Waals surface area contributed by atoms with Gasteiger partial charge in [0, 0.05) is 17.8 Å². The number of carbonyl (C=O) groups is 2. The van der Waals surface area contributed by atoms with E-state index in [2.05, 4.69) is 27.8 Å². The van der Waals surface area contributed by atoms with E-state index in [-0.39, 0.29) is 23.6 Å². The van der Waals surface area contributed by atoms with Crippen LogP contribution in [0.2, 0.25) is 0 Å². The first kappa shape index (κ1) is 25.3. The van der Waals surface area contributed by atoms with Crippen molar-refractivity contribution in [3.63, 3.8) is 0 Å². The van der Waals surface area contributed by atoms with Gasteiger partial charge in [-0.3, -0.25) is 9.59 Å². The van der Waals surface area contributed by atoms with Crippen molar-refractivity contribution in [2.24, 2.45) is 0 Å². The van der Waals surface area contributed by atoms with Gasteiger partial charge in [-0.25, -0.2) is 0 Å². The molecule has 3 aromatic rings. The molecule has 3 rings (SSSR count). The third kappa shape index (κ3) is 5.96. The van der Waals surface area contributed by atoms with Crippen molar-refractivity contribution in [2.75, 3.05) is 18.2 Å². The molecule has 0 spiro atoms. The first-order valence-electron chi connectivity index (χ1n) is 11.3. The molecule has 0 fully saturated rings. The third-order valence-corrected chi connectivity index (χ3v) is 6.45. The lowest BCUT2D eigenvalue weighted by Crippen LogP contribution is -2.28. The minimum atomic E-state index is -0.357. The molecule has 0 aliphatic carbocycles. The van der Waals surface area contributed by atoms with Crippen LogP contribution in [0.3, 0.4) is 0 Å². The number of nitrogens with one attached hydrogen (secondary N) is 2. The van der Waals surface area contributed by atoms with E-state index in [1.807, 2.05) is 43.5 Å². The van der Waals surface area contributed by atoms with Crippen LogP contribution in [0.25, 0.3) is 0 Å². The molecule has 0 bridgehead atoms. The van der Waals surface area contributed by atoms with Gasteiger partial charge in [-0.1, -0.05) is 36.9 Å². The van der Waals surface area contributed by atoms with Crippen LogP contribution in [0.1, 0.15) is 54.1 Å². The lowest BCUT2D eigenvalue weighted by atomic mass is 10.1. The number of ether oxygens (including phenoxy) is 1. The molecule has 0 aliphatic heterocycles. The van der Waals surface area contributed by atoms with Gasteiger partial charge in [0.1, 0.15) is 5.75 Å². The number of hydrogen-bond donors (Lipinski definition) is 2. The molecule has 0 saturated heterocycles. The van der Waals surface area contributed by atoms with Crippen LogP contribution in [0.4, 0.5) is 5.69 Å². The topological polar surface area (TPSA) is 98.1 Å². The lowest BCUT2D eigenvalue weighted by Gasteiger charge is -2.15. The maximum atomic E-state index is 12.6. The van der Waals surface area contributed by atoms with E-state index in [0.29, 0.717) is 28.8 Å². The Labute approximate surface area is 204 Å². The first-order valence-corrected chi connectivity index (χ1v) is 12.3. The molecule has 0 radical (unpaired) electrons. The lowest BCUT2D eigenvalue weighted by molar-refractivity contribution is -0.113. The van der Waals surface area contributed by atoms with Gasteiger partial charge in [0.05, 0.1) is 18.9 Å². The summed E-state index contributed by atoms with van der Waals surface area (Å²) in [6, 6.07) is 12.6. The van der Waals surface area contributed by atoms with Crippen molar-refractivity contribution in [1.29, 1.82) is 0 Å². The molecule has 9 heteroatoms. The predicted octanol–water partition coefficient (Wildman–Crippen LogP) is 4.40. The van der Waals surface area contributed by atoms with Gasteiger partial charge in [0.2, 0.25) is 5.91 Å². The van der Waals surface area contributed by atoms with Crippen LogP contribution >= 0.6 is 11.8 Å². The highest BCUT2D eigenvalue weighted by molar-refractivity contribution is 7.99. The van der Waals surface area contributed by atoms with Gasteiger partial charge >= 0.3 is 0 Å². The van der Waals surface area contributed by atoms with E-state index in [4.69, 9.17) is 4.74 Å². The van der Waals surface area contributed by atoms with Gasteiger partial charge < -0.3 is 19.9 Å². The summed E-state index contributed by atoms with van der Waals surface area (Å²) in [6.45, 7) is 8.52. The highest BCUT2D eigenvalue weighted by atomic mass is 32.2. The van der Waals surface area contributed by atoms with Crippen LogP contribution in [-0.2, 0) is 17.8 Å². The average molecular weight is 482 g/mol. The molecule has 1 atom stereocenters. The maximum absolute atomic E-state index is 12.6. The number of aromatic nitrogens is 3. The second kappa shape index (κ2) is 11.7. The van der Waals surface area contributed by atoms with Crippen LogP contribution in [0.5, 0.6) is 5.75 Å². The Morgan fingerprint density at radius 2 is 1.85 bits per heavy atom. The largest absolute Gasteiger partial charge is 0.497 e. The summed E-state index contributed by atoms with van der Waals surface area (Å²) in [6.07, 6.45) is 0.845. The summed E-state index contributed by atoms with van der Waals surface area (Å²) in [5, 5.41) is 15.2. The first-order chi connectivity index (χ1) is 16.4. The second-order valence-electron chi connectivity index (χ2n) is 7.81. The van der Waals surface area contributed by atoms with E-state index in [9.17, 15) is 9.59 Å². The SMILES string of the molecule is CCc1cccc(C)c1NC(=O)CSc1nnc([C@H](C)NC(=O)c2ccc(OC)cc2)n1CC. The smallest absolute Gasteiger partial charge is 0.251 e. The summed E-state index contributed by atoms with van der Waals surface area (Å²) < 4.78 is 7.06. The van der Waals surface area contributed by atoms with Crippen LogP contribution in [0.15, 0.2) is 47.6 Å². The van der Waals surface area contributed by atoms with Gasteiger partial charge in [0.15, 0.2) is 11.0 Å². The van der Waals surface area contributed by atoms with Crippen molar-refractivity contribution < 1.29 is 14.3 Å². The highest BCUT2D eigenvalue weighted by Gasteiger charge is 2.20. The molecule has 0 saturated carbocycles. The minimum Gasteiger partial charge on any atom is -0.497 e. The van der Waals surface area contributed by atoms with E-state index in [1.165, 1.54) is 11.8 Å². The molecule has 2 N–H and O–H groups in total.